The van der Waals surface area contributed by atoms with Crippen LogP contribution in [0.25, 0.3) is 0 Å². The van der Waals surface area contributed by atoms with Gasteiger partial charge in [-0.2, -0.15) is 9.29 Å². The maximum Gasteiger partial charge on any atom is 0.243 e. The van der Waals surface area contributed by atoms with E-state index < -0.39 is 15.8 Å². The summed E-state index contributed by atoms with van der Waals surface area (Å²) in [6, 6.07) is 6.80. The van der Waals surface area contributed by atoms with Crippen LogP contribution in [0.1, 0.15) is 5.82 Å². The van der Waals surface area contributed by atoms with Crippen LogP contribution in [-0.4, -0.2) is 56.0 Å². The first-order chi connectivity index (χ1) is 11.9. The van der Waals surface area contributed by atoms with Crippen molar-refractivity contribution >= 4 is 15.8 Å². The van der Waals surface area contributed by atoms with E-state index in [4.69, 9.17) is 4.74 Å². The van der Waals surface area contributed by atoms with Crippen LogP contribution in [0, 0.1) is 12.7 Å². The smallest absolute Gasteiger partial charge is 0.243 e. The predicted octanol–water partition coefficient (Wildman–Crippen LogP) is 1.44. The van der Waals surface area contributed by atoms with E-state index in [2.05, 4.69) is 9.97 Å². The molecule has 0 N–H and O–H groups in total. The number of halogens is 1. The van der Waals surface area contributed by atoms with E-state index in [1.165, 1.54) is 29.6 Å². The zero-order chi connectivity index (χ0) is 18.0. The molecule has 0 amide bonds. The molecule has 0 bridgehead atoms. The first-order valence-electron chi connectivity index (χ1n) is 7.80. The van der Waals surface area contributed by atoms with Gasteiger partial charge in [0.2, 0.25) is 15.9 Å². The average molecular weight is 366 g/mol. The van der Waals surface area contributed by atoms with Crippen molar-refractivity contribution in [1.82, 2.24) is 14.3 Å². The Balaban J connectivity index is 1.74. The van der Waals surface area contributed by atoms with E-state index in [1.54, 1.807) is 13.0 Å². The highest BCUT2D eigenvalue weighted by atomic mass is 32.2. The number of anilines is 1. The molecule has 1 saturated heterocycles. The fraction of sp³-hybridized carbons (Fsp3) is 0.375. The quantitative estimate of drug-likeness (QED) is 0.815. The van der Waals surface area contributed by atoms with Gasteiger partial charge in [0, 0.05) is 32.2 Å². The van der Waals surface area contributed by atoms with Gasteiger partial charge in [0.1, 0.15) is 17.5 Å². The minimum Gasteiger partial charge on any atom is -0.481 e. The summed E-state index contributed by atoms with van der Waals surface area (Å²) in [6.45, 7) is 3.33. The number of hydrogen-bond donors (Lipinski definition) is 0. The average Bonchev–Trinajstić information content (AvgIpc) is 2.61. The normalized spacial score (nSPS) is 16.0. The van der Waals surface area contributed by atoms with E-state index in [0.717, 1.165) is 6.07 Å². The number of ether oxygens (including phenoxy) is 1. The largest absolute Gasteiger partial charge is 0.481 e. The molecule has 2 aromatic rings. The lowest BCUT2D eigenvalue weighted by molar-refractivity contribution is 0.380. The molecule has 0 radical (unpaired) electrons. The molecule has 1 aromatic heterocycles. The van der Waals surface area contributed by atoms with Crippen molar-refractivity contribution in [3.8, 4) is 5.88 Å². The topological polar surface area (TPSA) is 75.6 Å². The van der Waals surface area contributed by atoms with Gasteiger partial charge in [-0.1, -0.05) is 6.07 Å². The third-order valence-corrected chi connectivity index (χ3v) is 5.90. The highest BCUT2D eigenvalue weighted by Gasteiger charge is 2.29. The predicted molar refractivity (Wildman–Crippen MR) is 90.7 cm³/mol. The Bertz CT molecular complexity index is 867. The number of piperazine rings is 1. The van der Waals surface area contributed by atoms with Gasteiger partial charge in [0.25, 0.3) is 0 Å². The Hall–Kier alpha value is -2.26. The number of aryl methyl sites for hydroxylation is 1. The molecule has 9 heteroatoms. The highest BCUT2D eigenvalue weighted by Crippen LogP contribution is 2.22. The fourth-order valence-electron chi connectivity index (χ4n) is 2.73. The molecule has 0 atom stereocenters. The minimum absolute atomic E-state index is 0.0273. The van der Waals surface area contributed by atoms with Crippen LogP contribution in [0.3, 0.4) is 0 Å². The van der Waals surface area contributed by atoms with Crippen molar-refractivity contribution in [3.05, 3.63) is 42.0 Å². The summed E-state index contributed by atoms with van der Waals surface area (Å²) in [6.07, 6.45) is 0. The van der Waals surface area contributed by atoms with Gasteiger partial charge in [-0.25, -0.2) is 17.8 Å². The molecular weight excluding hydrogens is 347 g/mol. The Morgan fingerprint density at radius 1 is 1.12 bits per heavy atom. The van der Waals surface area contributed by atoms with E-state index in [9.17, 15) is 12.8 Å². The molecule has 1 aliphatic heterocycles. The van der Waals surface area contributed by atoms with Crippen LogP contribution in [0.15, 0.2) is 35.2 Å². The number of rotatable bonds is 4. The molecule has 0 unspecified atom stereocenters. The lowest BCUT2D eigenvalue weighted by atomic mass is 10.3. The van der Waals surface area contributed by atoms with Gasteiger partial charge in [0.15, 0.2) is 0 Å². The molecule has 0 spiro atoms. The number of sulfonamides is 1. The van der Waals surface area contributed by atoms with Crippen molar-refractivity contribution in [2.75, 3.05) is 38.2 Å². The van der Waals surface area contributed by atoms with Crippen molar-refractivity contribution in [3.63, 3.8) is 0 Å². The zero-order valence-corrected chi connectivity index (χ0v) is 14.8. The van der Waals surface area contributed by atoms with Gasteiger partial charge < -0.3 is 9.64 Å². The summed E-state index contributed by atoms with van der Waals surface area (Å²) < 4.78 is 45.1. The lowest BCUT2D eigenvalue weighted by Gasteiger charge is -2.34. The summed E-state index contributed by atoms with van der Waals surface area (Å²) in [5.41, 5.74) is 0. The van der Waals surface area contributed by atoms with Crippen molar-refractivity contribution in [1.29, 1.82) is 0 Å². The molecule has 1 fully saturated rings. The second kappa shape index (κ2) is 6.93. The lowest BCUT2D eigenvalue weighted by Crippen LogP contribution is -2.49. The molecule has 3 rings (SSSR count). The van der Waals surface area contributed by atoms with Crippen LogP contribution in [-0.2, 0) is 10.0 Å². The molecule has 25 heavy (non-hydrogen) atoms. The maximum absolute atomic E-state index is 13.3. The first-order valence-corrected chi connectivity index (χ1v) is 9.24. The molecule has 0 saturated carbocycles. The number of hydrogen-bond acceptors (Lipinski definition) is 6. The van der Waals surface area contributed by atoms with Gasteiger partial charge in [-0.3, -0.25) is 0 Å². The molecule has 7 nitrogen and oxygen atoms in total. The van der Waals surface area contributed by atoms with Crippen LogP contribution in [0.5, 0.6) is 5.88 Å². The first kappa shape index (κ1) is 17.6. The molecule has 134 valence electrons. The zero-order valence-electron chi connectivity index (χ0n) is 14.0. The third-order valence-electron chi connectivity index (χ3n) is 4.01. The Morgan fingerprint density at radius 3 is 2.48 bits per heavy atom. The summed E-state index contributed by atoms with van der Waals surface area (Å²) in [5.74, 6) is 1.19. The van der Waals surface area contributed by atoms with Crippen molar-refractivity contribution in [2.45, 2.75) is 11.8 Å². The Kier molecular flexibility index (Phi) is 4.87. The van der Waals surface area contributed by atoms with E-state index in [0.29, 0.717) is 43.7 Å². The molecule has 1 aromatic carbocycles. The highest BCUT2D eigenvalue weighted by molar-refractivity contribution is 7.89. The van der Waals surface area contributed by atoms with Gasteiger partial charge in [-0.05, 0) is 25.1 Å². The monoisotopic (exact) mass is 366 g/mol. The molecule has 2 heterocycles. The summed E-state index contributed by atoms with van der Waals surface area (Å²) in [4.78, 5) is 10.5. The van der Waals surface area contributed by atoms with Crippen LogP contribution in [0.4, 0.5) is 10.2 Å². The van der Waals surface area contributed by atoms with E-state index in [-0.39, 0.29) is 4.90 Å². The molecule has 0 aliphatic carbocycles. The maximum atomic E-state index is 13.3. The Morgan fingerprint density at radius 2 is 1.84 bits per heavy atom. The standard InChI is InChI=1S/C16H19FN4O3S/c1-12-18-15(11-16(19-12)24-2)20-6-8-21(9-7-20)25(22,23)14-5-3-4-13(17)10-14/h3-5,10-11H,6-9H2,1-2H3. The van der Waals surface area contributed by atoms with Crippen molar-refractivity contribution in [2.24, 2.45) is 0 Å². The second-order valence-corrected chi connectivity index (χ2v) is 7.60. The number of benzene rings is 1. The fourth-order valence-corrected chi connectivity index (χ4v) is 4.18. The van der Waals surface area contributed by atoms with E-state index in [1.807, 2.05) is 4.90 Å². The SMILES string of the molecule is COc1cc(N2CCN(S(=O)(=O)c3cccc(F)c3)CC2)nc(C)n1. The number of nitrogens with zero attached hydrogens (tertiary/aromatic N) is 4. The van der Waals surface area contributed by atoms with Gasteiger partial charge in [0.05, 0.1) is 12.0 Å². The summed E-state index contributed by atoms with van der Waals surface area (Å²) in [7, 11) is -2.17. The number of aromatic nitrogens is 2. The molecule has 1 aliphatic rings. The summed E-state index contributed by atoms with van der Waals surface area (Å²) in [5, 5.41) is 0. The van der Waals surface area contributed by atoms with E-state index >= 15 is 0 Å². The molecular formula is C16H19FN4O3S. The van der Waals surface area contributed by atoms with Crippen LogP contribution in [0.2, 0.25) is 0 Å². The summed E-state index contributed by atoms with van der Waals surface area (Å²) >= 11 is 0. The number of methoxy groups -OCH3 is 1. The Labute approximate surface area is 146 Å². The van der Waals surface area contributed by atoms with Gasteiger partial charge in [-0.15, -0.1) is 0 Å². The van der Waals surface area contributed by atoms with Gasteiger partial charge >= 0.3 is 0 Å². The van der Waals surface area contributed by atoms with Crippen molar-refractivity contribution < 1.29 is 17.5 Å². The second-order valence-electron chi connectivity index (χ2n) is 5.66. The third kappa shape index (κ3) is 3.72. The van der Waals surface area contributed by atoms with Crippen LogP contribution >= 0.6 is 0 Å². The van der Waals surface area contributed by atoms with Crippen LogP contribution < -0.4 is 9.64 Å². The minimum atomic E-state index is -3.70.